The third-order valence-corrected chi connectivity index (χ3v) is 6.45. The molecule has 150 valence electrons. The number of fused-ring (bicyclic) bond motifs is 1. The molecule has 0 spiro atoms. The highest BCUT2D eigenvalue weighted by atomic mass is 19.1. The number of hydrogen-bond donors (Lipinski definition) is 2. The second kappa shape index (κ2) is 7.45. The zero-order valence-corrected chi connectivity index (χ0v) is 16.1. The quantitative estimate of drug-likeness (QED) is 0.812. The van der Waals surface area contributed by atoms with Crippen LogP contribution in [0.4, 0.5) is 8.78 Å². The van der Waals surface area contributed by atoms with Crippen molar-refractivity contribution in [3.05, 3.63) is 65.2 Å². The molecular weight excluding hydrogens is 360 g/mol. The van der Waals surface area contributed by atoms with Gasteiger partial charge in [0, 0.05) is 26.1 Å². The molecule has 1 aliphatic carbocycles. The summed E-state index contributed by atoms with van der Waals surface area (Å²) >= 11 is 0. The van der Waals surface area contributed by atoms with Crippen LogP contribution < -0.4 is 0 Å². The van der Waals surface area contributed by atoms with Crippen LogP contribution in [0.15, 0.2) is 42.5 Å². The van der Waals surface area contributed by atoms with Crippen molar-refractivity contribution >= 4 is 0 Å². The third-order valence-electron chi connectivity index (χ3n) is 6.45. The molecule has 1 unspecified atom stereocenters. The molecule has 2 aliphatic rings. The Labute approximate surface area is 164 Å². The van der Waals surface area contributed by atoms with Crippen LogP contribution in [0.1, 0.15) is 36.8 Å². The van der Waals surface area contributed by atoms with Gasteiger partial charge in [0.05, 0.1) is 5.60 Å². The smallest absolute Gasteiger partial charge is 0.187 e. The van der Waals surface area contributed by atoms with Crippen molar-refractivity contribution in [3.8, 4) is 5.75 Å². The van der Waals surface area contributed by atoms with Crippen LogP contribution in [-0.4, -0.2) is 40.3 Å². The van der Waals surface area contributed by atoms with Crippen molar-refractivity contribution in [3.63, 3.8) is 0 Å². The first-order valence-electron chi connectivity index (χ1n) is 9.99. The third kappa shape index (κ3) is 3.91. The van der Waals surface area contributed by atoms with Gasteiger partial charge in [0.2, 0.25) is 0 Å². The number of aromatic hydroxyl groups is 1. The number of halogens is 2. The lowest BCUT2D eigenvalue weighted by Gasteiger charge is -2.27. The molecule has 0 radical (unpaired) electrons. The molecule has 1 heterocycles. The Balaban J connectivity index is 1.35. The number of benzene rings is 2. The van der Waals surface area contributed by atoms with Crippen molar-refractivity contribution < 1.29 is 19.0 Å². The van der Waals surface area contributed by atoms with Crippen molar-refractivity contribution in [2.75, 3.05) is 19.6 Å². The van der Waals surface area contributed by atoms with Gasteiger partial charge >= 0.3 is 0 Å². The summed E-state index contributed by atoms with van der Waals surface area (Å²) in [6.07, 6.45) is 2.31. The topological polar surface area (TPSA) is 43.7 Å². The number of phenols is 1. The Hall–Kier alpha value is -1.98. The van der Waals surface area contributed by atoms with Gasteiger partial charge in [-0.15, -0.1) is 0 Å². The zero-order chi connectivity index (χ0) is 19.9. The highest BCUT2D eigenvalue weighted by molar-refractivity contribution is 5.32. The minimum Gasteiger partial charge on any atom is -0.503 e. The maximum atomic E-state index is 13.6. The van der Waals surface area contributed by atoms with Crippen LogP contribution in [0.5, 0.6) is 5.75 Å². The van der Waals surface area contributed by atoms with Gasteiger partial charge in [-0.2, -0.15) is 0 Å². The Morgan fingerprint density at radius 3 is 2.21 bits per heavy atom. The first-order valence-corrected chi connectivity index (χ1v) is 9.99. The van der Waals surface area contributed by atoms with Crippen molar-refractivity contribution in [2.24, 2.45) is 11.8 Å². The van der Waals surface area contributed by atoms with Gasteiger partial charge < -0.3 is 15.1 Å². The lowest BCUT2D eigenvalue weighted by molar-refractivity contribution is 0.0353. The highest BCUT2D eigenvalue weighted by Gasteiger charge is 2.48. The van der Waals surface area contributed by atoms with Crippen molar-refractivity contribution in [1.82, 2.24) is 4.90 Å². The number of nitrogens with zero attached hydrogens (tertiary/aromatic N) is 1. The van der Waals surface area contributed by atoms with Crippen LogP contribution in [0.3, 0.4) is 0 Å². The molecule has 1 saturated heterocycles. The fourth-order valence-electron chi connectivity index (χ4n) is 5.19. The summed E-state index contributed by atoms with van der Waals surface area (Å²) in [6.45, 7) is 4.49. The number of aliphatic hydroxyl groups is 1. The van der Waals surface area contributed by atoms with E-state index in [1.165, 1.54) is 17.7 Å². The monoisotopic (exact) mass is 387 g/mol. The van der Waals surface area contributed by atoms with E-state index in [1.54, 1.807) is 0 Å². The van der Waals surface area contributed by atoms with E-state index in [2.05, 4.69) is 17.0 Å². The number of phenolic OH excluding ortho intramolecular Hbond substituents is 1. The van der Waals surface area contributed by atoms with E-state index in [-0.39, 0.29) is 5.92 Å². The van der Waals surface area contributed by atoms with Gasteiger partial charge in [-0.25, -0.2) is 8.78 Å². The van der Waals surface area contributed by atoms with Gasteiger partial charge in [0.1, 0.15) is 0 Å². The van der Waals surface area contributed by atoms with Gasteiger partial charge in [-0.1, -0.05) is 37.3 Å². The maximum absolute atomic E-state index is 13.6. The molecule has 2 fully saturated rings. The van der Waals surface area contributed by atoms with E-state index >= 15 is 0 Å². The van der Waals surface area contributed by atoms with E-state index in [1.807, 2.05) is 25.1 Å². The molecule has 3 nitrogen and oxygen atoms in total. The SMILES string of the molecule is CC(CN1C[C@@H]2C[C@@](O)(Cc3ccccc3)C[C@@H]2C1)c1cc(F)c(O)c(F)c1. The molecule has 2 N–H and O–H groups in total. The fourth-order valence-corrected chi connectivity index (χ4v) is 5.19. The minimum atomic E-state index is -0.913. The number of rotatable bonds is 5. The fraction of sp³-hybridized carbons (Fsp3) is 0.478. The van der Waals surface area contributed by atoms with Gasteiger partial charge in [-0.3, -0.25) is 0 Å². The predicted molar refractivity (Wildman–Crippen MR) is 104 cm³/mol. The minimum absolute atomic E-state index is 0.0355. The van der Waals surface area contributed by atoms with Crippen LogP contribution >= 0.6 is 0 Å². The molecule has 4 rings (SSSR count). The maximum Gasteiger partial charge on any atom is 0.187 e. The van der Waals surface area contributed by atoms with E-state index in [0.29, 0.717) is 30.4 Å². The number of likely N-dealkylation sites (tertiary alicyclic amines) is 1. The Bertz CT molecular complexity index is 805. The lowest BCUT2D eigenvalue weighted by atomic mass is 9.91. The Morgan fingerprint density at radius 2 is 1.64 bits per heavy atom. The molecule has 0 amide bonds. The molecule has 0 aromatic heterocycles. The second-order valence-electron chi connectivity index (χ2n) is 8.77. The first-order chi connectivity index (χ1) is 13.3. The normalized spacial score (nSPS) is 28.4. The average molecular weight is 387 g/mol. The molecule has 2 aromatic rings. The number of hydrogen-bond acceptors (Lipinski definition) is 3. The summed E-state index contributed by atoms with van der Waals surface area (Å²) in [5.74, 6) is -1.84. The first kappa shape index (κ1) is 19.3. The van der Waals surface area contributed by atoms with Gasteiger partial charge in [-0.05, 0) is 53.9 Å². The van der Waals surface area contributed by atoms with E-state index in [0.717, 1.165) is 25.9 Å². The van der Waals surface area contributed by atoms with Crippen LogP contribution in [0.2, 0.25) is 0 Å². The average Bonchev–Trinajstić information content (AvgIpc) is 3.13. The Morgan fingerprint density at radius 1 is 1.07 bits per heavy atom. The lowest BCUT2D eigenvalue weighted by Crippen LogP contribution is -2.33. The van der Waals surface area contributed by atoms with Gasteiger partial charge in [0.15, 0.2) is 17.4 Å². The van der Waals surface area contributed by atoms with Crippen LogP contribution in [0.25, 0.3) is 0 Å². The van der Waals surface area contributed by atoms with Crippen molar-refractivity contribution in [1.29, 1.82) is 0 Å². The molecular formula is C23H27F2NO2. The van der Waals surface area contributed by atoms with Crippen LogP contribution in [0, 0.1) is 23.5 Å². The molecule has 5 heteroatoms. The second-order valence-corrected chi connectivity index (χ2v) is 8.77. The molecule has 1 saturated carbocycles. The zero-order valence-electron chi connectivity index (χ0n) is 16.1. The molecule has 4 atom stereocenters. The largest absolute Gasteiger partial charge is 0.503 e. The summed E-state index contributed by atoms with van der Waals surface area (Å²) in [5, 5.41) is 20.3. The summed E-state index contributed by atoms with van der Waals surface area (Å²) in [5.41, 5.74) is 1.11. The highest BCUT2D eigenvalue weighted by Crippen LogP contribution is 2.45. The summed E-state index contributed by atoms with van der Waals surface area (Å²) < 4.78 is 27.3. The summed E-state index contributed by atoms with van der Waals surface area (Å²) in [6, 6.07) is 12.6. The molecule has 28 heavy (non-hydrogen) atoms. The van der Waals surface area contributed by atoms with E-state index in [9.17, 15) is 19.0 Å². The summed E-state index contributed by atoms with van der Waals surface area (Å²) in [4.78, 5) is 2.34. The van der Waals surface area contributed by atoms with Gasteiger partial charge in [0.25, 0.3) is 0 Å². The molecule has 2 aromatic carbocycles. The summed E-state index contributed by atoms with van der Waals surface area (Å²) in [7, 11) is 0. The van der Waals surface area contributed by atoms with E-state index < -0.39 is 23.0 Å². The van der Waals surface area contributed by atoms with E-state index in [4.69, 9.17) is 0 Å². The standard InChI is InChI=1S/C23H27F2NO2/c1-15(17-7-20(24)22(27)21(25)8-17)12-26-13-18-10-23(28,11-19(18)14-26)9-16-5-3-2-4-6-16/h2-8,15,18-19,27-28H,9-14H2,1H3/t15?,18-,19+,23-. The molecule has 1 aliphatic heterocycles. The van der Waals surface area contributed by atoms with Crippen molar-refractivity contribution in [2.45, 2.75) is 37.7 Å². The molecule has 0 bridgehead atoms. The predicted octanol–water partition coefficient (Wildman–Crippen LogP) is 4.09. The Kier molecular flexibility index (Phi) is 5.15. The van der Waals surface area contributed by atoms with Crippen LogP contribution in [-0.2, 0) is 6.42 Å².